The molecule has 0 bridgehead atoms. The summed E-state index contributed by atoms with van der Waals surface area (Å²) >= 11 is 0. The maximum Gasteiger partial charge on any atom is 0.0991 e. The highest BCUT2D eigenvalue weighted by atomic mass is 14.2. The Kier molecular flexibility index (Phi) is 3.24. The lowest BCUT2D eigenvalue weighted by Gasteiger charge is -2.02. The zero-order valence-corrected chi connectivity index (χ0v) is 9.57. The van der Waals surface area contributed by atoms with E-state index in [1.165, 1.54) is 0 Å². The summed E-state index contributed by atoms with van der Waals surface area (Å²) in [7, 11) is 0. The van der Waals surface area contributed by atoms with E-state index < -0.39 is 0 Å². The average Bonchev–Trinajstić information content (AvgIpc) is 2.40. The summed E-state index contributed by atoms with van der Waals surface area (Å²) in [6, 6.07) is 17.8. The van der Waals surface area contributed by atoms with Crippen molar-refractivity contribution in [2.45, 2.75) is 6.92 Å². The highest BCUT2D eigenvalue weighted by Gasteiger charge is 1.98. The maximum absolute atomic E-state index is 8.85. The molecule has 0 aliphatic heterocycles. The average molecular weight is 217 g/mol. The highest BCUT2D eigenvalue weighted by molar-refractivity contribution is 5.66. The molecule has 0 spiro atoms. The largest absolute Gasteiger partial charge is 0.192 e. The van der Waals surface area contributed by atoms with Crippen LogP contribution < -0.4 is 0 Å². The van der Waals surface area contributed by atoms with Crippen molar-refractivity contribution in [2.24, 2.45) is 0 Å². The molecule has 0 aliphatic rings. The van der Waals surface area contributed by atoms with Crippen LogP contribution in [-0.2, 0) is 0 Å². The van der Waals surface area contributed by atoms with E-state index in [1.807, 2.05) is 49.4 Å². The van der Waals surface area contributed by atoms with Gasteiger partial charge in [0.1, 0.15) is 0 Å². The molecule has 1 heteroatoms. The fourth-order valence-electron chi connectivity index (χ4n) is 1.66. The third-order valence-corrected chi connectivity index (χ3v) is 2.48. The van der Waals surface area contributed by atoms with Crippen LogP contribution in [0.15, 0.2) is 48.5 Å². The molecule has 0 unspecified atom stereocenters. The van der Waals surface area contributed by atoms with Gasteiger partial charge in [-0.15, -0.1) is 5.92 Å². The fourth-order valence-corrected chi connectivity index (χ4v) is 1.66. The Morgan fingerprint density at radius 2 is 1.65 bits per heavy atom. The van der Waals surface area contributed by atoms with E-state index in [1.54, 1.807) is 6.07 Å². The molecule has 0 aromatic heterocycles. The number of hydrogen-bond acceptors (Lipinski definition) is 1. The molecule has 2 rings (SSSR count). The normalized spacial score (nSPS) is 8.94. The smallest absolute Gasteiger partial charge is 0.0991 e. The number of nitriles is 1. The fraction of sp³-hybridized carbons (Fsp3) is 0.0625. The SMILES string of the molecule is CC#Cc1ccc(-c2cccc(C#N)c2)cc1. The molecule has 0 N–H and O–H groups in total. The van der Waals surface area contributed by atoms with Crippen LogP contribution in [0.3, 0.4) is 0 Å². The second-order valence-corrected chi connectivity index (χ2v) is 3.64. The monoisotopic (exact) mass is 217 g/mol. The Morgan fingerprint density at radius 1 is 0.882 bits per heavy atom. The van der Waals surface area contributed by atoms with Gasteiger partial charge >= 0.3 is 0 Å². The van der Waals surface area contributed by atoms with Gasteiger partial charge < -0.3 is 0 Å². The van der Waals surface area contributed by atoms with Gasteiger partial charge in [0.05, 0.1) is 11.6 Å². The Balaban J connectivity index is 2.39. The molecule has 0 fully saturated rings. The number of nitrogens with zero attached hydrogens (tertiary/aromatic N) is 1. The van der Waals surface area contributed by atoms with Crippen molar-refractivity contribution in [3.05, 3.63) is 59.7 Å². The number of hydrogen-bond donors (Lipinski definition) is 0. The van der Waals surface area contributed by atoms with E-state index >= 15 is 0 Å². The van der Waals surface area contributed by atoms with Crippen molar-refractivity contribution in [3.63, 3.8) is 0 Å². The van der Waals surface area contributed by atoms with E-state index in [9.17, 15) is 0 Å². The maximum atomic E-state index is 8.85. The van der Waals surface area contributed by atoms with Gasteiger partial charge in [0.2, 0.25) is 0 Å². The minimum atomic E-state index is 0.680. The number of benzene rings is 2. The van der Waals surface area contributed by atoms with Crippen molar-refractivity contribution in [2.75, 3.05) is 0 Å². The molecular weight excluding hydrogens is 206 g/mol. The zero-order chi connectivity index (χ0) is 12.1. The summed E-state index contributed by atoms with van der Waals surface area (Å²) in [5.74, 6) is 5.87. The Labute approximate surface area is 101 Å². The van der Waals surface area contributed by atoms with Gasteiger partial charge in [-0.3, -0.25) is 0 Å². The molecule has 0 heterocycles. The molecule has 1 nitrogen and oxygen atoms in total. The molecule has 0 atom stereocenters. The van der Waals surface area contributed by atoms with E-state index in [4.69, 9.17) is 5.26 Å². The van der Waals surface area contributed by atoms with Crippen LogP contribution in [0.25, 0.3) is 11.1 Å². The molecule has 0 amide bonds. The van der Waals surface area contributed by atoms with Gasteiger partial charge in [-0.2, -0.15) is 5.26 Å². The van der Waals surface area contributed by atoms with Gasteiger partial charge in [0.15, 0.2) is 0 Å². The van der Waals surface area contributed by atoms with E-state index in [2.05, 4.69) is 17.9 Å². The van der Waals surface area contributed by atoms with Crippen LogP contribution in [0.5, 0.6) is 0 Å². The lowest BCUT2D eigenvalue weighted by molar-refractivity contribution is 1.48. The molecule has 0 aliphatic carbocycles. The Morgan fingerprint density at radius 3 is 2.29 bits per heavy atom. The molecule has 17 heavy (non-hydrogen) atoms. The molecule has 0 saturated carbocycles. The highest BCUT2D eigenvalue weighted by Crippen LogP contribution is 2.20. The van der Waals surface area contributed by atoms with Crippen molar-refractivity contribution in [1.82, 2.24) is 0 Å². The first-order valence-electron chi connectivity index (χ1n) is 5.37. The quantitative estimate of drug-likeness (QED) is 0.669. The topological polar surface area (TPSA) is 23.8 Å². The van der Waals surface area contributed by atoms with Crippen molar-refractivity contribution < 1.29 is 0 Å². The van der Waals surface area contributed by atoms with Crippen LogP contribution in [0.2, 0.25) is 0 Å². The van der Waals surface area contributed by atoms with Crippen molar-refractivity contribution in [1.29, 1.82) is 5.26 Å². The van der Waals surface area contributed by atoms with Crippen molar-refractivity contribution >= 4 is 0 Å². The molecule has 80 valence electrons. The second kappa shape index (κ2) is 5.01. The summed E-state index contributed by atoms with van der Waals surface area (Å²) in [5, 5.41) is 8.85. The second-order valence-electron chi connectivity index (χ2n) is 3.64. The first kappa shape index (κ1) is 11.0. The molecule has 2 aromatic carbocycles. The van der Waals surface area contributed by atoms with Crippen LogP contribution in [-0.4, -0.2) is 0 Å². The summed E-state index contributed by atoms with van der Waals surface area (Å²) in [6.45, 7) is 1.82. The summed E-state index contributed by atoms with van der Waals surface area (Å²) < 4.78 is 0. The van der Waals surface area contributed by atoms with E-state index in [0.717, 1.165) is 16.7 Å². The molecular formula is C16H11N. The Bertz CT molecular complexity index is 619. The minimum absolute atomic E-state index is 0.680. The summed E-state index contributed by atoms with van der Waals surface area (Å²) in [4.78, 5) is 0. The van der Waals surface area contributed by atoms with Crippen LogP contribution >= 0.6 is 0 Å². The molecule has 0 saturated heterocycles. The van der Waals surface area contributed by atoms with Gasteiger partial charge in [-0.1, -0.05) is 30.2 Å². The van der Waals surface area contributed by atoms with Gasteiger partial charge in [-0.25, -0.2) is 0 Å². The van der Waals surface area contributed by atoms with Crippen LogP contribution in [0.4, 0.5) is 0 Å². The lowest BCUT2D eigenvalue weighted by Crippen LogP contribution is -1.81. The minimum Gasteiger partial charge on any atom is -0.192 e. The third kappa shape index (κ3) is 2.54. The first-order chi connectivity index (χ1) is 8.33. The molecule has 0 radical (unpaired) electrons. The Hall–Kier alpha value is -2.51. The predicted molar refractivity (Wildman–Crippen MR) is 69.1 cm³/mol. The van der Waals surface area contributed by atoms with Gasteiger partial charge in [0.25, 0.3) is 0 Å². The first-order valence-corrected chi connectivity index (χ1v) is 5.37. The van der Waals surface area contributed by atoms with Crippen molar-refractivity contribution in [3.8, 4) is 29.0 Å². The van der Waals surface area contributed by atoms with E-state index in [0.29, 0.717) is 5.56 Å². The predicted octanol–water partition coefficient (Wildman–Crippen LogP) is 3.60. The lowest BCUT2D eigenvalue weighted by atomic mass is 10.0. The van der Waals surface area contributed by atoms with Gasteiger partial charge in [-0.05, 0) is 42.3 Å². The zero-order valence-electron chi connectivity index (χ0n) is 9.57. The van der Waals surface area contributed by atoms with Crippen LogP contribution in [0, 0.1) is 23.2 Å². The summed E-state index contributed by atoms with van der Waals surface area (Å²) in [5.41, 5.74) is 3.84. The molecule has 2 aromatic rings. The third-order valence-electron chi connectivity index (χ3n) is 2.48. The number of rotatable bonds is 1. The van der Waals surface area contributed by atoms with Gasteiger partial charge in [0, 0.05) is 5.56 Å². The van der Waals surface area contributed by atoms with E-state index in [-0.39, 0.29) is 0 Å². The summed E-state index contributed by atoms with van der Waals surface area (Å²) in [6.07, 6.45) is 0. The standard InChI is InChI=1S/C16H11N/c1-2-4-13-7-9-15(10-8-13)16-6-3-5-14(11-16)12-17/h3,5-11H,1H3. The van der Waals surface area contributed by atoms with Crippen LogP contribution in [0.1, 0.15) is 18.1 Å².